The summed E-state index contributed by atoms with van der Waals surface area (Å²) in [5.41, 5.74) is -0.361. The number of anilines is 1. The van der Waals surface area contributed by atoms with Crippen LogP contribution < -0.4 is 9.64 Å². The molecule has 0 unspecified atom stereocenters. The number of rotatable bonds is 5. The number of carboxylic acids is 2. The quantitative estimate of drug-likeness (QED) is 0.564. The molecule has 2 aromatic carbocycles. The second-order valence-corrected chi connectivity index (χ2v) is 7.93. The molecule has 2 amide bonds. The first kappa shape index (κ1) is 19.0. The topological polar surface area (TPSA) is 121 Å². The Kier molecular flexibility index (Phi) is 4.18. The van der Waals surface area contributed by atoms with Crippen LogP contribution >= 0.6 is 0 Å². The molecule has 5 rings (SSSR count). The highest BCUT2D eigenvalue weighted by atomic mass is 16.5. The average molecular weight is 419 g/mol. The van der Waals surface area contributed by atoms with Crippen LogP contribution in [0.25, 0.3) is 0 Å². The number of fused-ring (bicyclic) bond motifs is 5. The lowest BCUT2D eigenvalue weighted by Crippen LogP contribution is -2.32. The van der Waals surface area contributed by atoms with E-state index in [-0.39, 0.29) is 52.5 Å². The molecule has 31 heavy (non-hydrogen) atoms. The van der Waals surface area contributed by atoms with Gasteiger partial charge in [0, 0.05) is 6.07 Å². The summed E-state index contributed by atoms with van der Waals surface area (Å²) in [7, 11) is 0. The minimum Gasteiger partial charge on any atom is -0.478 e. The zero-order valence-electron chi connectivity index (χ0n) is 16.1. The Balaban J connectivity index is 1.43. The molecule has 1 heterocycles. The molecule has 4 atom stereocenters. The first-order chi connectivity index (χ1) is 14.8. The monoisotopic (exact) mass is 419 g/mol. The number of hydrogen-bond acceptors (Lipinski definition) is 5. The molecule has 0 spiro atoms. The molecule has 1 saturated heterocycles. The summed E-state index contributed by atoms with van der Waals surface area (Å²) in [6.45, 7) is 0. The number of allylic oxidation sites excluding steroid dienone is 2. The van der Waals surface area contributed by atoms with Gasteiger partial charge in [-0.3, -0.25) is 9.59 Å². The first-order valence-electron chi connectivity index (χ1n) is 9.80. The van der Waals surface area contributed by atoms with Gasteiger partial charge in [-0.15, -0.1) is 0 Å². The molecular weight excluding hydrogens is 402 g/mol. The highest BCUT2D eigenvalue weighted by molar-refractivity contribution is 6.22. The lowest BCUT2D eigenvalue weighted by Gasteiger charge is -2.18. The van der Waals surface area contributed by atoms with Crippen LogP contribution in [0.5, 0.6) is 11.5 Å². The van der Waals surface area contributed by atoms with Crippen LogP contribution in [0.15, 0.2) is 54.6 Å². The molecule has 8 heteroatoms. The Hall–Kier alpha value is -3.94. The number of imide groups is 1. The molecule has 3 aliphatic rings. The normalized spacial score (nSPS) is 25.7. The van der Waals surface area contributed by atoms with Crippen LogP contribution in [-0.4, -0.2) is 34.0 Å². The largest absolute Gasteiger partial charge is 0.478 e. The average Bonchev–Trinajstić information content (AvgIpc) is 3.41. The smallest absolute Gasteiger partial charge is 0.336 e. The fraction of sp³-hybridized carbons (Fsp3) is 0.217. The van der Waals surface area contributed by atoms with Crippen molar-refractivity contribution >= 4 is 29.4 Å². The van der Waals surface area contributed by atoms with Gasteiger partial charge in [0.1, 0.15) is 11.5 Å². The van der Waals surface area contributed by atoms with Crippen molar-refractivity contribution in [1.29, 1.82) is 0 Å². The van der Waals surface area contributed by atoms with Crippen molar-refractivity contribution < 1.29 is 34.1 Å². The van der Waals surface area contributed by atoms with Crippen molar-refractivity contribution in [3.05, 3.63) is 65.7 Å². The molecule has 2 aliphatic carbocycles. The lowest BCUT2D eigenvalue weighted by atomic mass is 9.85. The molecule has 0 radical (unpaired) electrons. The molecule has 1 aliphatic heterocycles. The van der Waals surface area contributed by atoms with Gasteiger partial charge in [0.15, 0.2) is 0 Å². The summed E-state index contributed by atoms with van der Waals surface area (Å²) >= 11 is 0. The van der Waals surface area contributed by atoms with Crippen LogP contribution in [0.4, 0.5) is 5.69 Å². The van der Waals surface area contributed by atoms with Crippen molar-refractivity contribution in [3.63, 3.8) is 0 Å². The summed E-state index contributed by atoms with van der Waals surface area (Å²) in [4.78, 5) is 49.8. The molecule has 2 aromatic rings. The second-order valence-electron chi connectivity index (χ2n) is 7.93. The van der Waals surface area contributed by atoms with Crippen molar-refractivity contribution in [1.82, 2.24) is 0 Å². The zero-order chi connectivity index (χ0) is 21.9. The van der Waals surface area contributed by atoms with E-state index in [2.05, 4.69) is 0 Å². The molecule has 0 aromatic heterocycles. The Morgan fingerprint density at radius 2 is 1.45 bits per heavy atom. The van der Waals surface area contributed by atoms with Gasteiger partial charge < -0.3 is 14.9 Å². The highest BCUT2D eigenvalue weighted by Gasteiger charge is 2.59. The van der Waals surface area contributed by atoms with Crippen molar-refractivity contribution in [3.8, 4) is 11.5 Å². The maximum Gasteiger partial charge on any atom is 0.336 e. The number of aromatic carboxylic acids is 2. The van der Waals surface area contributed by atoms with E-state index >= 15 is 0 Å². The van der Waals surface area contributed by atoms with E-state index in [0.717, 1.165) is 18.6 Å². The van der Waals surface area contributed by atoms with Crippen molar-refractivity contribution in [2.75, 3.05) is 4.90 Å². The molecule has 1 saturated carbocycles. The molecule has 2 bridgehead atoms. The van der Waals surface area contributed by atoms with Gasteiger partial charge in [0.05, 0.1) is 28.7 Å². The minimum atomic E-state index is -1.39. The molecule has 2 fully saturated rings. The fourth-order valence-electron chi connectivity index (χ4n) is 4.93. The Labute approximate surface area is 176 Å². The standard InChI is InChI=1S/C23H17NO7/c25-20-18-11-4-5-12(8-11)19(18)21(26)24(20)13-2-1-3-14(9-13)31-15-6-7-16(22(27)28)17(10-15)23(29)30/h1-7,9-12,18-19H,8H2,(H,27,28)(H,29,30)/t11-,12-,18+,19+/m0/s1. The van der Waals surface area contributed by atoms with E-state index in [4.69, 9.17) is 9.84 Å². The van der Waals surface area contributed by atoms with Crippen LogP contribution in [0.2, 0.25) is 0 Å². The molecular formula is C23H17NO7. The molecule has 2 N–H and O–H groups in total. The van der Waals surface area contributed by atoms with Crippen molar-refractivity contribution in [2.45, 2.75) is 6.42 Å². The highest BCUT2D eigenvalue weighted by Crippen LogP contribution is 2.53. The maximum atomic E-state index is 13.0. The number of carboxylic acid groups (broad SMARTS) is 2. The zero-order valence-corrected chi connectivity index (χ0v) is 16.1. The van der Waals surface area contributed by atoms with Gasteiger partial charge in [0.2, 0.25) is 11.8 Å². The predicted octanol–water partition coefficient (Wildman–Crippen LogP) is 3.19. The van der Waals surface area contributed by atoms with Gasteiger partial charge >= 0.3 is 11.9 Å². The fourth-order valence-corrected chi connectivity index (χ4v) is 4.93. The number of amides is 2. The van der Waals surface area contributed by atoms with Gasteiger partial charge in [-0.05, 0) is 48.6 Å². The van der Waals surface area contributed by atoms with Gasteiger partial charge in [-0.1, -0.05) is 18.2 Å². The third-order valence-corrected chi connectivity index (χ3v) is 6.23. The van der Waals surface area contributed by atoms with E-state index in [1.54, 1.807) is 18.2 Å². The summed E-state index contributed by atoms with van der Waals surface area (Å²) < 4.78 is 5.71. The first-order valence-corrected chi connectivity index (χ1v) is 9.80. The van der Waals surface area contributed by atoms with Crippen molar-refractivity contribution in [2.24, 2.45) is 23.7 Å². The Morgan fingerprint density at radius 3 is 2.06 bits per heavy atom. The van der Waals surface area contributed by atoms with Crippen LogP contribution in [0.3, 0.4) is 0 Å². The summed E-state index contributed by atoms with van der Waals surface area (Å²) in [5, 5.41) is 18.4. The van der Waals surface area contributed by atoms with E-state index < -0.39 is 17.5 Å². The molecule has 156 valence electrons. The van der Waals surface area contributed by atoms with E-state index in [9.17, 15) is 24.3 Å². The van der Waals surface area contributed by atoms with E-state index in [1.165, 1.54) is 17.0 Å². The van der Waals surface area contributed by atoms with Crippen LogP contribution in [0, 0.1) is 23.7 Å². The summed E-state index contributed by atoms with van der Waals surface area (Å²) in [6, 6.07) is 10.1. The van der Waals surface area contributed by atoms with Crippen LogP contribution in [-0.2, 0) is 9.59 Å². The van der Waals surface area contributed by atoms with E-state index in [0.29, 0.717) is 5.69 Å². The van der Waals surface area contributed by atoms with E-state index in [1.807, 2.05) is 12.2 Å². The summed E-state index contributed by atoms with van der Waals surface area (Å²) in [5.74, 6) is -3.15. The maximum absolute atomic E-state index is 13.0. The van der Waals surface area contributed by atoms with Gasteiger partial charge in [-0.25, -0.2) is 14.5 Å². The minimum absolute atomic E-state index is 0.109. The van der Waals surface area contributed by atoms with Gasteiger partial charge in [-0.2, -0.15) is 0 Å². The number of carbonyl (C=O) groups is 4. The number of nitrogens with zero attached hydrogens (tertiary/aromatic N) is 1. The number of benzene rings is 2. The molecule has 8 nitrogen and oxygen atoms in total. The number of carbonyl (C=O) groups excluding carboxylic acids is 2. The predicted molar refractivity (Wildman–Crippen MR) is 107 cm³/mol. The third-order valence-electron chi connectivity index (χ3n) is 6.23. The van der Waals surface area contributed by atoms with Gasteiger partial charge in [0.25, 0.3) is 0 Å². The lowest BCUT2D eigenvalue weighted by molar-refractivity contribution is -0.123. The second kappa shape index (κ2) is 6.80. The summed E-state index contributed by atoms with van der Waals surface area (Å²) in [6.07, 6.45) is 4.91. The Bertz CT molecular complexity index is 1150. The third kappa shape index (κ3) is 2.91. The SMILES string of the molecule is O=C(O)c1ccc(Oc2cccc(N3C(=O)[C@H]4[C@H](C3=O)[C@H]3C=C[C@H]4C3)c2)cc1C(=O)O. The number of hydrogen-bond donors (Lipinski definition) is 2. The Morgan fingerprint density at radius 1 is 0.839 bits per heavy atom. The van der Waals surface area contributed by atoms with Crippen LogP contribution in [0.1, 0.15) is 27.1 Å². The number of ether oxygens (including phenoxy) is 1.